The standard InChI is InChI=1S/C22H33NO6S/c1-16(2)5-7-19(24)17(3)10-13-29-21-8-6-18(15-20(21)25)9-12-23-22(26)11-14-30(4,27)28/h5-6,8,11,14-15,17,19,24-25H,7,9-10,12-13H2,1-4H3,(H,23,26). The van der Waals surface area contributed by atoms with Crippen LogP contribution in [0.4, 0.5) is 0 Å². The van der Waals surface area contributed by atoms with Crippen molar-refractivity contribution in [2.24, 2.45) is 5.92 Å². The van der Waals surface area contributed by atoms with Crippen LogP contribution in [0, 0.1) is 5.92 Å². The lowest BCUT2D eigenvalue weighted by atomic mass is 9.98. The number of allylic oxidation sites excluding steroid dienone is 1. The number of hydrogen-bond acceptors (Lipinski definition) is 6. The number of rotatable bonds is 12. The monoisotopic (exact) mass is 439 g/mol. The zero-order valence-corrected chi connectivity index (χ0v) is 18.9. The van der Waals surface area contributed by atoms with Crippen LogP contribution in [0.25, 0.3) is 0 Å². The van der Waals surface area contributed by atoms with Crippen LogP contribution >= 0.6 is 0 Å². The molecule has 0 aliphatic carbocycles. The van der Waals surface area contributed by atoms with Crippen LogP contribution in [0.15, 0.2) is 41.3 Å². The third kappa shape index (κ3) is 11.0. The maximum Gasteiger partial charge on any atom is 0.244 e. The van der Waals surface area contributed by atoms with E-state index in [0.29, 0.717) is 38.2 Å². The molecule has 1 aromatic rings. The van der Waals surface area contributed by atoms with E-state index in [0.717, 1.165) is 23.3 Å². The lowest BCUT2D eigenvalue weighted by molar-refractivity contribution is -0.116. The number of hydrogen-bond donors (Lipinski definition) is 3. The Morgan fingerprint density at radius 2 is 2.00 bits per heavy atom. The smallest absolute Gasteiger partial charge is 0.244 e. The van der Waals surface area contributed by atoms with Gasteiger partial charge in [0.15, 0.2) is 21.3 Å². The third-order valence-corrected chi connectivity index (χ3v) is 5.09. The predicted octanol–water partition coefficient (Wildman–Crippen LogP) is 2.73. The summed E-state index contributed by atoms with van der Waals surface area (Å²) < 4.78 is 27.6. The Hall–Kier alpha value is -2.32. The van der Waals surface area contributed by atoms with E-state index >= 15 is 0 Å². The molecule has 0 spiro atoms. The number of phenolic OH excluding ortho intramolecular Hbond substituents is 1. The average Bonchev–Trinajstić information content (AvgIpc) is 2.65. The number of phenols is 1. The van der Waals surface area contributed by atoms with Gasteiger partial charge in [0, 0.05) is 24.3 Å². The number of benzene rings is 1. The summed E-state index contributed by atoms with van der Waals surface area (Å²) in [4.78, 5) is 11.5. The fourth-order valence-corrected chi connectivity index (χ4v) is 2.92. The van der Waals surface area contributed by atoms with E-state index in [-0.39, 0.29) is 11.7 Å². The first-order valence-corrected chi connectivity index (χ1v) is 11.9. The van der Waals surface area contributed by atoms with Crippen molar-refractivity contribution >= 4 is 15.7 Å². The van der Waals surface area contributed by atoms with Crippen LogP contribution in [0.2, 0.25) is 0 Å². The Balaban J connectivity index is 2.44. The van der Waals surface area contributed by atoms with Gasteiger partial charge in [-0.1, -0.05) is 24.6 Å². The molecule has 0 aliphatic rings. The number of carbonyl (C=O) groups is 1. The highest BCUT2D eigenvalue weighted by atomic mass is 32.2. The Morgan fingerprint density at radius 3 is 2.60 bits per heavy atom. The lowest BCUT2D eigenvalue weighted by Gasteiger charge is -2.18. The highest BCUT2D eigenvalue weighted by Gasteiger charge is 2.13. The quantitative estimate of drug-likeness (QED) is 0.341. The summed E-state index contributed by atoms with van der Waals surface area (Å²) >= 11 is 0. The zero-order chi connectivity index (χ0) is 22.7. The van der Waals surface area contributed by atoms with Gasteiger partial charge in [-0.25, -0.2) is 8.42 Å². The van der Waals surface area contributed by atoms with Crippen LogP contribution in [0.1, 0.15) is 39.2 Å². The summed E-state index contributed by atoms with van der Waals surface area (Å²) in [7, 11) is -3.34. The predicted molar refractivity (Wildman–Crippen MR) is 118 cm³/mol. The van der Waals surface area contributed by atoms with Gasteiger partial charge >= 0.3 is 0 Å². The van der Waals surface area contributed by atoms with Gasteiger partial charge in [0.1, 0.15) is 0 Å². The second kappa shape index (κ2) is 12.4. The maximum absolute atomic E-state index is 11.5. The zero-order valence-electron chi connectivity index (χ0n) is 18.1. The molecule has 0 saturated heterocycles. The SMILES string of the molecule is CC(C)=CCC(O)C(C)CCOc1ccc(CCNC(=O)C=CS(C)(=O)=O)cc1O. The topological polar surface area (TPSA) is 113 Å². The summed E-state index contributed by atoms with van der Waals surface area (Å²) in [6.45, 7) is 6.64. The van der Waals surface area contributed by atoms with E-state index in [9.17, 15) is 23.4 Å². The molecule has 168 valence electrons. The summed E-state index contributed by atoms with van der Waals surface area (Å²) in [6.07, 6.45) is 5.31. The first kappa shape index (κ1) is 25.7. The van der Waals surface area contributed by atoms with Crippen molar-refractivity contribution in [3.63, 3.8) is 0 Å². The Bertz CT molecular complexity index is 856. The first-order valence-electron chi connectivity index (χ1n) is 9.90. The summed E-state index contributed by atoms with van der Waals surface area (Å²) in [5, 5.41) is 23.7. The molecule has 1 aromatic carbocycles. The van der Waals surface area contributed by atoms with Crippen molar-refractivity contribution in [3.8, 4) is 11.5 Å². The fourth-order valence-electron chi connectivity index (χ4n) is 2.55. The molecule has 0 bridgehead atoms. The molecular weight excluding hydrogens is 406 g/mol. The van der Waals surface area contributed by atoms with E-state index in [2.05, 4.69) is 5.32 Å². The van der Waals surface area contributed by atoms with E-state index in [1.165, 1.54) is 5.57 Å². The van der Waals surface area contributed by atoms with Gasteiger partial charge in [-0.2, -0.15) is 0 Å². The molecule has 0 heterocycles. The highest BCUT2D eigenvalue weighted by molar-refractivity contribution is 7.93. The Labute approximate surface area is 179 Å². The van der Waals surface area contributed by atoms with Gasteiger partial charge in [0.2, 0.25) is 5.91 Å². The molecule has 0 aliphatic heterocycles. The second-order valence-electron chi connectivity index (χ2n) is 7.67. The summed E-state index contributed by atoms with van der Waals surface area (Å²) in [5.74, 6) is -0.0498. The molecule has 2 atom stereocenters. The van der Waals surface area contributed by atoms with Gasteiger partial charge in [-0.3, -0.25) is 4.79 Å². The van der Waals surface area contributed by atoms with E-state index in [4.69, 9.17) is 4.74 Å². The molecular formula is C22H33NO6S. The minimum absolute atomic E-state index is 0.00791. The van der Waals surface area contributed by atoms with E-state index in [1.54, 1.807) is 18.2 Å². The number of nitrogens with one attached hydrogen (secondary N) is 1. The van der Waals surface area contributed by atoms with Crippen LogP contribution in [-0.2, 0) is 21.1 Å². The Morgan fingerprint density at radius 1 is 1.30 bits per heavy atom. The minimum Gasteiger partial charge on any atom is -0.504 e. The van der Waals surface area contributed by atoms with Gasteiger partial charge in [-0.15, -0.1) is 0 Å². The van der Waals surface area contributed by atoms with Crippen molar-refractivity contribution in [2.45, 2.75) is 46.1 Å². The van der Waals surface area contributed by atoms with Crippen LogP contribution in [0.3, 0.4) is 0 Å². The molecule has 3 N–H and O–H groups in total. The number of aliphatic hydroxyl groups is 1. The molecule has 0 saturated carbocycles. The van der Waals surface area contributed by atoms with Crippen molar-refractivity contribution in [2.75, 3.05) is 19.4 Å². The molecule has 7 nitrogen and oxygen atoms in total. The fraction of sp³-hybridized carbons (Fsp3) is 0.500. The van der Waals surface area contributed by atoms with E-state index in [1.807, 2.05) is 26.8 Å². The molecule has 0 aromatic heterocycles. The highest BCUT2D eigenvalue weighted by Crippen LogP contribution is 2.27. The van der Waals surface area contributed by atoms with Crippen molar-refractivity contribution in [1.29, 1.82) is 0 Å². The van der Waals surface area contributed by atoms with Gasteiger partial charge in [0.05, 0.1) is 12.7 Å². The normalized spacial score (nSPS) is 13.6. The maximum atomic E-state index is 11.5. The molecule has 8 heteroatoms. The van der Waals surface area contributed by atoms with Crippen molar-refractivity contribution in [3.05, 3.63) is 46.9 Å². The first-order chi connectivity index (χ1) is 14.0. The minimum atomic E-state index is -3.34. The summed E-state index contributed by atoms with van der Waals surface area (Å²) in [5.41, 5.74) is 1.98. The van der Waals surface area contributed by atoms with Crippen molar-refractivity contribution in [1.82, 2.24) is 5.32 Å². The number of ether oxygens (including phenoxy) is 1. The molecule has 30 heavy (non-hydrogen) atoms. The van der Waals surface area contributed by atoms with Crippen LogP contribution in [0.5, 0.6) is 11.5 Å². The molecule has 2 unspecified atom stereocenters. The van der Waals surface area contributed by atoms with Gasteiger partial charge < -0.3 is 20.3 Å². The van der Waals surface area contributed by atoms with Gasteiger partial charge in [-0.05, 0) is 56.7 Å². The molecule has 0 fully saturated rings. The second-order valence-corrected chi connectivity index (χ2v) is 9.61. The number of aliphatic hydroxyl groups excluding tert-OH is 1. The number of carbonyl (C=O) groups excluding carboxylic acids is 1. The van der Waals surface area contributed by atoms with Gasteiger partial charge in [0.25, 0.3) is 0 Å². The summed E-state index contributed by atoms with van der Waals surface area (Å²) in [6, 6.07) is 5.03. The third-order valence-electron chi connectivity index (χ3n) is 4.46. The number of aromatic hydroxyl groups is 1. The molecule has 1 amide bonds. The average molecular weight is 440 g/mol. The van der Waals surface area contributed by atoms with E-state index < -0.39 is 21.8 Å². The van der Waals surface area contributed by atoms with Crippen molar-refractivity contribution < 1.29 is 28.2 Å². The molecule has 0 radical (unpaired) electrons. The Kier molecular flexibility index (Phi) is 10.6. The number of amides is 1. The van der Waals surface area contributed by atoms with Crippen LogP contribution < -0.4 is 10.1 Å². The van der Waals surface area contributed by atoms with Crippen LogP contribution in [-0.4, -0.2) is 50.0 Å². The largest absolute Gasteiger partial charge is 0.504 e. The number of sulfone groups is 1. The molecule has 1 rings (SSSR count). The lowest BCUT2D eigenvalue weighted by Crippen LogP contribution is -2.23.